The van der Waals surface area contributed by atoms with Gasteiger partial charge in [0.1, 0.15) is 11.3 Å². The van der Waals surface area contributed by atoms with Crippen LogP contribution in [0.3, 0.4) is 0 Å². The van der Waals surface area contributed by atoms with E-state index in [9.17, 15) is 9.59 Å². The number of benzene rings is 1. The van der Waals surface area contributed by atoms with Crippen LogP contribution in [-0.2, 0) is 19.5 Å². The number of H-pyrrole nitrogens is 1. The summed E-state index contributed by atoms with van der Waals surface area (Å²) in [6.45, 7) is 3.31. The molecule has 0 aliphatic carbocycles. The van der Waals surface area contributed by atoms with Crippen LogP contribution < -0.4 is 11.2 Å². The minimum absolute atomic E-state index is 0.306. The van der Waals surface area contributed by atoms with Gasteiger partial charge in [-0.3, -0.25) is 13.9 Å². The summed E-state index contributed by atoms with van der Waals surface area (Å²) in [6, 6.07) is 9.92. The minimum Gasteiger partial charge on any atom is -0.336 e. The summed E-state index contributed by atoms with van der Waals surface area (Å²) in [6.07, 6.45) is 0.586. The Bertz CT molecular complexity index is 982. The largest absolute Gasteiger partial charge is 0.336 e. The van der Waals surface area contributed by atoms with E-state index in [4.69, 9.17) is 0 Å². The molecule has 7 heteroatoms. The summed E-state index contributed by atoms with van der Waals surface area (Å²) in [5.74, 6) is 0.685. The second-order valence-electron chi connectivity index (χ2n) is 6.33. The van der Waals surface area contributed by atoms with Crippen molar-refractivity contribution >= 4 is 11.2 Å². The zero-order valence-corrected chi connectivity index (χ0v) is 14.8. The number of likely N-dealkylation sites (N-methyl/N-ethyl adjacent to an activating group) is 1. The van der Waals surface area contributed by atoms with Gasteiger partial charge in [0.05, 0.1) is 0 Å². The maximum Gasteiger partial charge on any atom is 0.332 e. The molecule has 0 aliphatic heterocycles. The van der Waals surface area contributed by atoms with Crippen molar-refractivity contribution in [1.82, 2.24) is 24.0 Å². The Morgan fingerprint density at radius 1 is 1.12 bits per heavy atom. The molecule has 3 aromatic rings. The molecule has 0 aliphatic rings. The van der Waals surface area contributed by atoms with Gasteiger partial charge in [-0.2, -0.15) is 0 Å². The first kappa shape index (κ1) is 17.2. The molecule has 132 valence electrons. The number of nitrogens with one attached hydrogen (secondary N) is 1. The number of nitrogens with zero attached hydrogens (tertiary/aromatic N) is 4. The SMILES string of the molecule is CCn1c(=O)c2[nH]c(Cc3ccccc3)nc2n(CCN(C)C)c1=O. The highest BCUT2D eigenvalue weighted by Crippen LogP contribution is 2.10. The maximum absolute atomic E-state index is 12.7. The fourth-order valence-electron chi connectivity index (χ4n) is 2.87. The number of hydrogen-bond donors (Lipinski definition) is 1. The van der Waals surface area contributed by atoms with E-state index < -0.39 is 0 Å². The van der Waals surface area contributed by atoms with E-state index in [0.717, 1.165) is 5.56 Å². The normalized spacial score (nSPS) is 11.5. The Morgan fingerprint density at radius 2 is 1.84 bits per heavy atom. The quantitative estimate of drug-likeness (QED) is 0.727. The van der Waals surface area contributed by atoms with E-state index in [0.29, 0.717) is 43.0 Å². The second-order valence-corrected chi connectivity index (χ2v) is 6.33. The van der Waals surface area contributed by atoms with Crippen molar-refractivity contribution in [1.29, 1.82) is 0 Å². The fraction of sp³-hybridized carbons (Fsp3) is 0.389. The van der Waals surface area contributed by atoms with Gasteiger partial charge in [0, 0.05) is 26.1 Å². The van der Waals surface area contributed by atoms with Crippen LogP contribution in [0.1, 0.15) is 18.3 Å². The van der Waals surface area contributed by atoms with E-state index in [1.807, 2.05) is 49.3 Å². The highest BCUT2D eigenvalue weighted by atomic mass is 16.2. The molecule has 0 unspecified atom stereocenters. The molecule has 2 aromatic heterocycles. The van der Waals surface area contributed by atoms with Crippen molar-refractivity contribution < 1.29 is 0 Å². The Labute approximate surface area is 145 Å². The third-order valence-corrected chi connectivity index (χ3v) is 4.21. The number of hydrogen-bond acceptors (Lipinski definition) is 4. The van der Waals surface area contributed by atoms with Crippen LogP contribution >= 0.6 is 0 Å². The Hall–Kier alpha value is -2.67. The monoisotopic (exact) mass is 341 g/mol. The van der Waals surface area contributed by atoms with Crippen molar-refractivity contribution in [2.24, 2.45) is 0 Å². The smallest absolute Gasteiger partial charge is 0.332 e. The van der Waals surface area contributed by atoms with E-state index in [-0.39, 0.29) is 11.2 Å². The summed E-state index contributed by atoms with van der Waals surface area (Å²) in [7, 11) is 3.90. The average molecular weight is 341 g/mol. The van der Waals surface area contributed by atoms with Gasteiger partial charge in [0.15, 0.2) is 5.65 Å². The van der Waals surface area contributed by atoms with E-state index in [1.165, 1.54) is 4.57 Å². The van der Waals surface area contributed by atoms with Gasteiger partial charge in [-0.15, -0.1) is 0 Å². The highest BCUT2D eigenvalue weighted by molar-refractivity contribution is 5.70. The van der Waals surface area contributed by atoms with Gasteiger partial charge in [0.2, 0.25) is 0 Å². The van der Waals surface area contributed by atoms with Gasteiger partial charge in [-0.1, -0.05) is 30.3 Å². The van der Waals surface area contributed by atoms with Crippen LogP contribution in [0.2, 0.25) is 0 Å². The third-order valence-electron chi connectivity index (χ3n) is 4.21. The molecule has 0 spiro atoms. The topological polar surface area (TPSA) is 75.9 Å². The molecule has 0 radical (unpaired) electrons. The van der Waals surface area contributed by atoms with Crippen molar-refractivity contribution in [3.05, 3.63) is 62.6 Å². The summed E-state index contributed by atoms with van der Waals surface area (Å²) in [4.78, 5) is 35.0. The fourth-order valence-corrected chi connectivity index (χ4v) is 2.87. The number of fused-ring (bicyclic) bond motifs is 1. The first-order chi connectivity index (χ1) is 12.0. The molecule has 1 aromatic carbocycles. The molecular formula is C18H23N5O2. The summed E-state index contributed by atoms with van der Waals surface area (Å²) >= 11 is 0. The molecule has 3 rings (SSSR count). The third kappa shape index (κ3) is 3.41. The zero-order chi connectivity index (χ0) is 18.0. The molecule has 7 nitrogen and oxygen atoms in total. The minimum atomic E-state index is -0.310. The summed E-state index contributed by atoms with van der Waals surface area (Å²) < 4.78 is 2.84. The van der Waals surface area contributed by atoms with Crippen molar-refractivity contribution in [2.45, 2.75) is 26.4 Å². The lowest BCUT2D eigenvalue weighted by molar-refractivity contribution is 0.379. The summed E-state index contributed by atoms with van der Waals surface area (Å²) in [5, 5.41) is 0. The van der Waals surface area contributed by atoms with Gasteiger partial charge in [0.25, 0.3) is 5.56 Å². The van der Waals surface area contributed by atoms with Crippen LogP contribution in [0.25, 0.3) is 11.2 Å². The Morgan fingerprint density at radius 3 is 2.48 bits per heavy atom. The van der Waals surface area contributed by atoms with Crippen LogP contribution in [0.5, 0.6) is 0 Å². The predicted molar refractivity (Wildman–Crippen MR) is 98.1 cm³/mol. The van der Waals surface area contributed by atoms with Gasteiger partial charge in [-0.05, 0) is 26.6 Å². The van der Waals surface area contributed by atoms with Crippen molar-refractivity contribution in [3.63, 3.8) is 0 Å². The lowest BCUT2D eigenvalue weighted by Crippen LogP contribution is -2.41. The first-order valence-corrected chi connectivity index (χ1v) is 8.42. The lowest BCUT2D eigenvalue weighted by atomic mass is 10.1. The molecule has 0 saturated carbocycles. The van der Waals surface area contributed by atoms with E-state index in [2.05, 4.69) is 9.97 Å². The van der Waals surface area contributed by atoms with Crippen LogP contribution in [0.15, 0.2) is 39.9 Å². The molecule has 0 bridgehead atoms. The maximum atomic E-state index is 12.7. The van der Waals surface area contributed by atoms with Crippen molar-refractivity contribution in [2.75, 3.05) is 20.6 Å². The summed E-state index contributed by atoms with van der Waals surface area (Å²) in [5.41, 5.74) is 1.31. The molecule has 0 amide bonds. The highest BCUT2D eigenvalue weighted by Gasteiger charge is 2.16. The second kappa shape index (κ2) is 7.06. The molecule has 0 atom stereocenters. The van der Waals surface area contributed by atoms with Crippen LogP contribution in [-0.4, -0.2) is 44.6 Å². The number of aromatic amines is 1. The predicted octanol–water partition coefficient (Wildman–Crippen LogP) is 1.06. The van der Waals surface area contributed by atoms with Gasteiger partial charge >= 0.3 is 5.69 Å². The van der Waals surface area contributed by atoms with Gasteiger partial charge < -0.3 is 9.88 Å². The van der Waals surface area contributed by atoms with Crippen LogP contribution in [0.4, 0.5) is 0 Å². The number of rotatable bonds is 6. The van der Waals surface area contributed by atoms with Crippen LogP contribution in [0, 0.1) is 0 Å². The molecule has 1 N–H and O–H groups in total. The first-order valence-electron chi connectivity index (χ1n) is 8.42. The number of imidazole rings is 1. The molecular weight excluding hydrogens is 318 g/mol. The van der Waals surface area contributed by atoms with Crippen molar-refractivity contribution in [3.8, 4) is 0 Å². The molecule has 2 heterocycles. The molecule has 0 fully saturated rings. The zero-order valence-electron chi connectivity index (χ0n) is 14.8. The Balaban J connectivity index is 2.12. The average Bonchev–Trinajstić information content (AvgIpc) is 2.99. The number of aromatic nitrogens is 4. The Kier molecular flexibility index (Phi) is 4.85. The van der Waals surface area contributed by atoms with E-state index in [1.54, 1.807) is 11.5 Å². The van der Waals surface area contributed by atoms with E-state index >= 15 is 0 Å². The lowest BCUT2D eigenvalue weighted by Gasteiger charge is -2.13. The van der Waals surface area contributed by atoms with Gasteiger partial charge in [-0.25, -0.2) is 9.78 Å². The molecule has 0 saturated heterocycles. The standard InChI is InChI=1S/C18H23N5O2/c1-4-22-17(24)15-16(23(18(22)25)11-10-21(2)3)20-14(19-15)12-13-8-6-5-7-9-13/h5-9H,4,10-12H2,1-3H3,(H,19,20). The molecule has 25 heavy (non-hydrogen) atoms.